The van der Waals surface area contributed by atoms with Crippen molar-refractivity contribution in [3.8, 4) is 5.75 Å². The summed E-state index contributed by atoms with van der Waals surface area (Å²) in [6.07, 6.45) is -0.688. The van der Waals surface area contributed by atoms with Gasteiger partial charge in [-0.15, -0.1) is 0 Å². The van der Waals surface area contributed by atoms with Crippen LogP contribution in [0.2, 0.25) is 5.02 Å². The van der Waals surface area contributed by atoms with E-state index < -0.39 is 6.10 Å². The molecule has 4 heteroatoms. The van der Waals surface area contributed by atoms with E-state index in [1.54, 1.807) is 24.3 Å². The van der Waals surface area contributed by atoms with E-state index in [2.05, 4.69) is 0 Å². The Balaban J connectivity index is 2.03. The van der Waals surface area contributed by atoms with Crippen LogP contribution in [0.5, 0.6) is 5.75 Å². The van der Waals surface area contributed by atoms with Gasteiger partial charge in [0.05, 0.1) is 0 Å². The Morgan fingerprint density at radius 1 is 1.15 bits per heavy atom. The van der Waals surface area contributed by atoms with Gasteiger partial charge >= 0.3 is 0 Å². The molecule has 106 valence electrons. The average Bonchev–Trinajstić information content (AvgIpc) is 2.42. The molecule has 0 saturated carbocycles. The Morgan fingerprint density at radius 2 is 1.70 bits per heavy atom. The van der Waals surface area contributed by atoms with Crippen LogP contribution >= 0.6 is 11.6 Å². The number of aliphatic hydroxyl groups is 1. The molecular weight excluding hydrogens is 274 g/mol. The Morgan fingerprint density at radius 3 is 2.25 bits per heavy atom. The predicted molar refractivity (Wildman–Crippen MR) is 82.2 cm³/mol. The fourth-order valence-corrected chi connectivity index (χ4v) is 2.09. The van der Waals surface area contributed by atoms with Crippen LogP contribution in [0, 0.1) is 13.8 Å². The molecule has 0 spiro atoms. The third-order valence-electron chi connectivity index (χ3n) is 3.14. The fraction of sp³-hybridized carbons (Fsp3) is 0.250. The normalized spacial score (nSPS) is 12.2. The van der Waals surface area contributed by atoms with Crippen molar-refractivity contribution in [1.29, 1.82) is 0 Å². The summed E-state index contributed by atoms with van der Waals surface area (Å²) in [6, 6.07) is 10.8. The molecule has 20 heavy (non-hydrogen) atoms. The molecule has 1 unspecified atom stereocenters. The van der Waals surface area contributed by atoms with Gasteiger partial charge < -0.3 is 15.6 Å². The van der Waals surface area contributed by atoms with Crippen molar-refractivity contribution in [3.63, 3.8) is 0 Å². The van der Waals surface area contributed by atoms with E-state index in [4.69, 9.17) is 22.1 Å². The molecule has 0 radical (unpaired) electrons. The molecule has 0 aliphatic rings. The number of rotatable bonds is 4. The molecule has 2 rings (SSSR count). The third-order valence-corrected chi connectivity index (χ3v) is 3.74. The van der Waals surface area contributed by atoms with E-state index in [1.165, 1.54) is 0 Å². The van der Waals surface area contributed by atoms with Crippen molar-refractivity contribution < 1.29 is 9.84 Å². The number of hydrogen-bond donors (Lipinski definition) is 2. The zero-order valence-electron chi connectivity index (χ0n) is 11.6. The van der Waals surface area contributed by atoms with Crippen LogP contribution in [0.25, 0.3) is 0 Å². The maximum Gasteiger partial charge on any atom is 0.120 e. The van der Waals surface area contributed by atoms with Gasteiger partial charge in [0.25, 0.3) is 0 Å². The molecule has 0 fully saturated rings. The summed E-state index contributed by atoms with van der Waals surface area (Å²) in [5, 5.41) is 10.8. The summed E-state index contributed by atoms with van der Waals surface area (Å²) in [5.41, 5.74) is 8.99. The van der Waals surface area contributed by atoms with E-state index in [-0.39, 0.29) is 6.61 Å². The lowest BCUT2D eigenvalue weighted by molar-refractivity contribution is 0.108. The number of anilines is 1. The van der Waals surface area contributed by atoms with Gasteiger partial charge in [0, 0.05) is 10.7 Å². The average molecular weight is 292 g/mol. The van der Waals surface area contributed by atoms with Crippen molar-refractivity contribution >= 4 is 17.3 Å². The molecule has 0 saturated heterocycles. The second-order valence-electron chi connectivity index (χ2n) is 4.86. The van der Waals surface area contributed by atoms with Crippen LogP contribution in [0.15, 0.2) is 36.4 Å². The summed E-state index contributed by atoms with van der Waals surface area (Å²) >= 11 is 6.11. The minimum Gasteiger partial charge on any atom is -0.491 e. The van der Waals surface area contributed by atoms with E-state index in [0.29, 0.717) is 11.4 Å². The molecule has 2 aromatic rings. The highest BCUT2D eigenvalue weighted by molar-refractivity contribution is 6.32. The molecule has 0 heterocycles. The van der Waals surface area contributed by atoms with Gasteiger partial charge in [-0.05, 0) is 54.8 Å². The predicted octanol–water partition coefficient (Wildman–Crippen LogP) is 3.65. The first-order chi connectivity index (χ1) is 9.47. The Kier molecular flexibility index (Phi) is 4.53. The molecule has 0 aromatic heterocycles. The van der Waals surface area contributed by atoms with Crippen LogP contribution in [-0.2, 0) is 0 Å². The van der Waals surface area contributed by atoms with Gasteiger partial charge in [0.15, 0.2) is 0 Å². The molecule has 0 amide bonds. The molecule has 1 atom stereocenters. The SMILES string of the molecule is Cc1cc(OCC(O)c2ccc(N)cc2)cc(C)c1Cl. The highest BCUT2D eigenvalue weighted by Gasteiger charge is 2.09. The zero-order chi connectivity index (χ0) is 14.7. The van der Waals surface area contributed by atoms with Gasteiger partial charge in [-0.25, -0.2) is 0 Å². The topological polar surface area (TPSA) is 55.5 Å². The Hall–Kier alpha value is -1.71. The smallest absolute Gasteiger partial charge is 0.120 e. The van der Waals surface area contributed by atoms with Crippen molar-refractivity contribution in [3.05, 3.63) is 58.1 Å². The van der Waals surface area contributed by atoms with Crippen molar-refractivity contribution in [2.45, 2.75) is 20.0 Å². The fourth-order valence-electron chi connectivity index (χ4n) is 1.98. The van der Waals surface area contributed by atoms with E-state index in [9.17, 15) is 5.11 Å². The summed E-state index contributed by atoms with van der Waals surface area (Å²) in [5.74, 6) is 0.707. The lowest BCUT2D eigenvalue weighted by Crippen LogP contribution is -2.10. The van der Waals surface area contributed by atoms with Crippen molar-refractivity contribution in [2.24, 2.45) is 0 Å². The number of nitrogen functional groups attached to an aromatic ring is 1. The first-order valence-corrected chi connectivity index (χ1v) is 6.78. The minimum absolute atomic E-state index is 0.185. The number of aryl methyl sites for hydroxylation is 2. The quantitative estimate of drug-likeness (QED) is 0.846. The molecule has 2 aromatic carbocycles. The number of nitrogens with two attached hydrogens (primary N) is 1. The molecule has 3 N–H and O–H groups in total. The monoisotopic (exact) mass is 291 g/mol. The molecule has 0 aliphatic heterocycles. The highest BCUT2D eigenvalue weighted by Crippen LogP contribution is 2.26. The molecule has 0 bridgehead atoms. The van der Waals surface area contributed by atoms with Gasteiger partial charge in [0.2, 0.25) is 0 Å². The van der Waals surface area contributed by atoms with Crippen LogP contribution < -0.4 is 10.5 Å². The number of halogens is 1. The van der Waals surface area contributed by atoms with Crippen LogP contribution in [0.4, 0.5) is 5.69 Å². The van der Waals surface area contributed by atoms with Gasteiger partial charge in [-0.2, -0.15) is 0 Å². The first kappa shape index (κ1) is 14.7. The number of aliphatic hydroxyl groups excluding tert-OH is 1. The zero-order valence-corrected chi connectivity index (χ0v) is 12.3. The highest BCUT2D eigenvalue weighted by atomic mass is 35.5. The lowest BCUT2D eigenvalue weighted by Gasteiger charge is -2.14. The molecular formula is C16H18ClNO2. The summed E-state index contributed by atoms with van der Waals surface area (Å²) < 4.78 is 5.63. The number of benzene rings is 2. The summed E-state index contributed by atoms with van der Waals surface area (Å²) in [4.78, 5) is 0. The van der Waals surface area contributed by atoms with Crippen LogP contribution in [0.1, 0.15) is 22.8 Å². The molecule has 0 aliphatic carbocycles. The van der Waals surface area contributed by atoms with Gasteiger partial charge in [-0.3, -0.25) is 0 Å². The van der Waals surface area contributed by atoms with E-state index >= 15 is 0 Å². The maximum absolute atomic E-state index is 10.1. The van der Waals surface area contributed by atoms with Crippen LogP contribution in [0.3, 0.4) is 0 Å². The second-order valence-corrected chi connectivity index (χ2v) is 5.24. The van der Waals surface area contributed by atoms with E-state index in [0.717, 1.165) is 21.7 Å². The summed E-state index contributed by atoms with van der Waals surface area (Å²) in [6.45, 7) is 4.04. The van der Waals surface area contributed by atoms with Gasteiger partial charge in [-0.1, -0.05) is 23.7 Å². The number of hydrogen-bond acceptors (Lipinski definition) is 3. The first-order valence-electron chi connectivity index (χ1n) is 6.40. The summed E-state index contributed by atoms with van der Waals surface area (Å²) in [7, 11) is 0. The van der Waals surface area contributed by atoms with E-state index in [1.807, 2.05) is 26.0 Å². The number of ether oxygens (including phenoxy) is 1. The van der Waals surface area contributed by atoms with Crippen molar-refractivity contribution in [2.75, 3.05) is 12.3 Å². The van der Waals surface area contributed by atoms with Crippen molar-refractivity contribution in [1.82, 2.24) is 0 Å². The third kappa shape index (κ3) is 3.44. The Bertz CT molecular complexity index is 573. The Labute approximate surface area is 123 Å². The molecule has 3 nitrogen and oxygen atoms in total. The van der Waals surface area contributed by atoms with Gasteiger partial charge in [0.1, 0.15) is 18.5 Å². The largest absolute Gasteiger partial charge is 0.491 e. The minimum atomic E-state index is -0.688. The maximum atomic E-state index is 10.1. The lowest BCUT2D eigenvalue weighted by atomic mass is 10.1. The second kappa shape index (κ2) is 6.16. The van der Waals surface area contributed by atoms with Crippen LogP contribution in [-0.4, -0.2) is 11.7 Å². The standard InChI is InChI=1S/C16H18ClNO2/c1-10-7-14(8-11(2)16(10)17)20-9-15(19)12-3-5-13(18)6-4-12/h3-8,15,19H,9,18H2,1-2H3.